The van der Waals surface area contributed by atoms with Crippen LogP contribution in [0.5, 0.6) is 5.75 Å². The van der Waals surface area contributed by atoms with Crippen LogP contribution >= 0.6 is 11.6 Å². The lowest BCUT2D eigenvalue weighted by Crippen LogP contribution is -2.03. The number of nitrogen functional groups attached to an aromatic ring is 1. The Morgan fingerprint density at radius 2 is 2.14 bits per heavy atom. The molecule has 0 saturated carbocycles. The summed E-state index contributed by atoms with van der Waals surface area (Å²) in [6, 6.07) is 5.38. The van der Waals surface area contributed by atoms with E-state index in [9.17, 15) is 0 Å². The summed E-state index contributed by atoms with van der Waals surface area (Å²) in [6.07, 6.45) is 1.00. The van der Waals surface area contributed by atoms with E-state index in [4.69, 9.17) is 22.1 Å². The van der Waals surface area contributed by atoms with Crippen LogP contribution in [-0.4, -0.2) is 6.61 Å². The van der Waals surface area contributed by atoms with Gasteiger partial charge in [0.15, 0.2) is 5.75 Å². The van der Waals surface area contributed by atoms with Crippen LogP contribution in [-0.2, 0) is 0 Å². The monoisotopic (exact) mass is 213 g/mol. The van der Waals surface area contributed by atoms with Crippen molar-refractivity contribution in [3.63, 3.8) is 0 Å². The lowest BCUT2D eigenvalue weighted by Gasteiger charge is -2.11. The summed E-state index contributed by atoms with van der Waals surface area (Å²) in [4.78, 5) is 0. The minimum absolute atomic E-state index is 0.578. The molecule has 0 aromatic heterocycles. The molecular weight excluding hydrogens is 198 g/mol. The van der Waals surface area contributed by atoms with Crippen LogP contribution in [0.15, 0.2) is 18.2 Å². The highest BCUT2D eigenvalue weighted by Crippen LogP contribution is 2.30. The fraction of sp³-hybridized carbons (Fsp3) is 0.455. The van der Waals surface area contributed by atoms with Crippen molar-refractivity contribution in [1.82, 2.24) is 0 Å². The fourth-order valence-corrected chi connectivity index (χ4v) is 1.31. The van der Waals surface area contributed by atoms with Gasteiger partial charge >= 0.3 is 0 Å². The van der Waals surface area contributed by atoms with E-state index >= 15 is 0 Å². The van der Waals surface area contributed by atoms with Gasteiger partial charge in [0.25, 0.3) is 0 Å². The summed E-state index contributed by atoms with van der Waals surface area (Å²) in [5, 5.41) is 0.578. The maximum atomic E-state index is 5.94. The molecule has 0 saturated heterocycles. The molecule has 0 atom stereocenters. The van der Waals surface area contributed by atoms with Crippen molar-refractivity contribution in [1.29, 1.82) is 0 Å². The van der Waals surface area contributed by atoms with Crippen molar-refractivity contribution in [3.8, 4) is 5.75 Å². The minimum atomic E-state index is 0.578. The van der Waals surface area contributed by atoms with Gasteiger partial charge in [-0.3, -0.25) is 0 Å². The minimum Gasteiger partial charge on any atom is -0.490 e. The van der Waals surface area contributed by atoms with E-state index in [2.05, 4.69) is 13.8 Å². The van der Waals surface area contributed by atoms with Crippen molar-refractivity contribution in [2.45, 2.75) is 20.3 Å². The Labute approximate surface area is 90.0 Å². The molecule has 0 unspecified atom stereocenters. The van der Waals surface area contributed by atoms with Gasteiger partial charge in [0.2, 0.25) is 0 Å². The van der Waals surface area contributed by atoms with Crippen LogP contribution in [0.2, 0.25) is 5.02 Å². The highest BCUT2D eigenvalue weighted by Gasteiger charge is 2.05. The standard InChI is InChI=1S/C11H16ClNO/c1-8(2)6-7-14-11-9(12)4-3-5-10(11)13/h3-5,8H,6-7,13H2,1-2H3. The van der Waals surface area contributed by atoms with Gasteiger partial charge in [0, 0.05) is 0 Å². The second kappa shape index (κ2) is 5.11. The molecule has 0 aliphatic rings. The van der Waals surface area contributed by atoms with Gasteiger partial charge in [-0.2, -0.15) is 0 Å². The van der Waals surface area contributed by atoms with Crippen LogP contribution in [0.3, 0.4) is 0 Å². The van der Waals surface area contributed by atoms with E-state index in [0.29, 0.717) is 29.0 Å². The molecule has 0 aliphatic heterocycles. The molecule has 0 heterocycles. The van der Waals surface area contributed by atoms with Crippen LogP contribution in [0, 0.1) is 5.92 Å². The maximum absolute atomic E-state index is 5.94. The first-order valence-corrected chi connectivity index (χ1v) is 5.16. The number of benzene rings is 1. The Morgan fingerprint density at radius 3 is 2.71 bits per heavy atom. The Hall–Kier alpha value is -0.890. The molecule has 2 N–H and O–H groups in total. The lowest BCUT2D eigenvalue weighted by atomic mass is 10.1. The summed E-state index contributed by atoms with van der Waals surface area (Å²) in [6.45, 7) is 4.96. The second-order valence-electron chi connectivity index (χ2n) is 3.69. The maximum Gasteiger partial charge on any atom is 0.160 e. The zero-order chi connectivity index (χ0) is 10.6. The number of ether oxygens (including phenoxy) is 1. The molecule has 14 heavy (non-hydrogen) atoms. The topological polar surface area (TPSA) is 35.2 Å². The third kappa shape index (κ3) is 3.11. The van der Waals surface area contributed by atoms with E-state index in [0.717, 1.165) is 6.42 Å². The summed E-state index contributed by atoms with van der Waals surface area (Å²) in [5.41, 5.74) is 6.33. The fourth-order valence-electron chi connectivity index (χ4n) is 1.07. The Kier molecular flexibility index (Phi) is 4.08. The van der Waals surface area contributed by atoms with E-state index in [1.54, 1.807) is 12.1 Å². The number of anilines is 1. The van der Waals surface area contributed by atoms with Crippen molar-refractivity contribution < 1.29 is 4.74 Å². The van der Waals surface area contributed by atoms with Gasteiger partial charge in [-0.1, -0.05) is 31.5 Å². The van der Waals surface area contributed by atoms with Gasteiger partial charge in [-0.25, -0.2) is 0 Å². The molecule has 0 spiro atoms. The summed E-state index contributed by atoms with van der Waals surface area (Å²) in [7, 11) is 0. The van der Waals surface area contributed by atoms with E-state index in [1.807, 2.05) is 6.07 Å². The van der Waals surface area contributed by atoms with Gasteiger partial charge in [0.05, 0.1) is 17.3 Å². The van der Waals surface area contributed by atoms with E-state index in [1.165, 1.54) is 0 Å². The Morgan fingerprint density at radius 1 is 1.43 bits per heavy atom. The summed E-state index contributed by atoms with van der Waals surface area (Å²) in [5.74, 6) is 1.23. The van der Waals surface area contributed by atoms with E-state index in [-0.39, 0.29) is 0 Å². The lowest BCUT2D eigenvalue weighted by molar-refractivity contribution is 0.291. The number of rotatable bonds is 4. The smallest absolute Gasteiger partial charge is 0.160 e. The molecule has 1 aromatic carbocycles. The summed E-state index contributed by atoms with van der Waals surface area (Å²) >= 11 is 5.94. The van der Waals surface area contributed by atoms with Gasteiger partial charge in [-0.05, 0) is 24.5 Å². The SMILES string of the molecule is CC(C)CCOc1c(N)cccc1Cl. The van der Waals surface area contributed by atoms with Crippen molar-refractivity contribution in [3.05, 3.63) is 23.2 Å². The van der Waals surface area contributed by atoms with Crippen molar-refractivity contribution in [2.75, 3.05) is 12.3 Å². The molecule has 1 aromatic rings. The van der Waals surface area contributed by atoms with Crippen LogP contribution in [0.4, 0.5) is 5.69 Å². The van der Waals surface area contributed by atoms with Gasteiger partial charge < -0.3 is 10.5 Å². The molecule has 1 rings (SSSR count). The molecule has 0 fully saturated rings. The zero-order valence-electron chi connectivity index (χ0n) is 8.59. The highest BCUT2D eigenvalue weighted by molar-refractivity contribution is 6.32. The number of halogens is 1. The third-order valence-electron chi connectivity index (χ3n) is 1.94. The first-order valence-electron chi connectivity index (χ1n) is 4.78. The predicted molar refractivity (Wildman–Crippen MR) is 60.8 cm³/mol. The molecule has 2 nitrogen and oxygen atoms in total. The second-order valence-corrected chi connectivity index (χ2v) is 4.10. The molecular formula is C11H16ClNO. The molecule has 0 bridgehead atoms. The average Bonchev–Trinajstić information content (AvgIpc) is 2.09. The number of nitrogens with two attached hydrogens (primary N) is 1. The number of para-hydroxylation sites is 1. The van der Waals surface area contributed by atoms with Crippen molar-refractivity contribution >= 4 is 17.3 Å². The number of hydrogen-bond acceptors (Lipinski definition) is 2. The van der Waals surface area contributed by atoms with Crippen LogP contribution in [0.25, 0.3) is 0 Å². The Balaban J connectivity index is 2.58. The van der Waals surface area contributed by atoms with Gasteiger partial charge in [0.1, 0.15) is 0 Å². The zero-order valence-corrected chi connectivity index (χ0v) is 9.34. The largest absolute Gasteiger partial charge is 0.490 e. The average molecular weight is 214 g/mol. The predicted octanol–water partition coefficient (Wildman–Crippen LogP) is 3.35. The molecule has 0 amide bonds. The van der Waals surface area contributed by atoms with Crippen molar-refractivity contribution in [2.24, 2.45) is 5.92 Å². The normalized spacial score (nSPS) is 10.6. The molecule has 3 heteroatoms. The molecule has 78 valence electrons. The first-order chi connectivity index (χ1) is 6.61. The van der Waals surface area contributed by atoms with Crippen LogP contribution < -0.4 is 10.5 Å². The van der Waals surface area contributed by atoms with Crippen LogP contribution in [0.1, 0.15) is 20.3 Å². The number of hydrogen-bond donors (Lipinski definition) is 1. The quantitative estimate of drug-likeness (QED) is 0.779. The molecule has 0 radical (unpaired) electrons. The summed E-state index contributed by atoms with van der Waals surface area (Å²) < 4.78 is 5.52. The Bertz CT molecular complexity index is 279. The van der Waals surface area contributed by atoms with E-state index < -0.39 is 0 Å². The third-order valence-corrected chi connectivity index (χ3v) is 2.24. The first kappa shape index (κ1) is 11.2. The van der Waals surface area contributed by atoms with Gasteiger partial charge in [-0.15, -0.1) is 0 Å². The highest BCUT2D eigenvalue weighted by atomic mass is 35.5. The molecule has 0 aliphatic carbocycles.